The van der Waals surface area contributed by atoms with Crippen LogP contribution in [0.3, 0.4) is 0 Å². The number of imidazole rings is 1. The maximum Gasteiger partial charge on any atom is 0.410 e. The molecule has 0 radical (unpaired) electrons. The summed E-state index contributed by atoms with van der Waals surface area (Å²) in [5, 5.41) is 2.41. The summed E-state index contributed by atoms with van der Waals surface area (Å²) in [6, 6.07) is 5.42. The molecule has 4 saturated heterocycles. The van der Waals surface area contributed by atoms with Crippen molar-refractivity contribution in [1.82, 2.24) is 24.3 Å². The van der Waals surface area contributed by atoms with Crippen molar-refractivity contribution in [3.63, 3.8) is 0 Å². The lowest BCUT2D eigenvalue weighted by Gasteiger charge is -2.47. The van der Waals surface area contributed by atoms with Crippen LogP contribution < -0.4 is 15.9 Å². The van der Waals surface area contributed by atoms with E-state index in [0.717, 1.165) is 88.2 Å². The van der Waals surface area contributed by atoms with Gasteiger partial charge in [-0.3, -0.25) is 24.0 Å². The summed E-state index contributed by atoms with van der Waals surface area (Å²) in [6.07, 6.45) is 7.24. The van der Waals surface area contributed by atoms with Gasteiger partial charge in [-0.1, -0.05) is 0 Å². The number of anilines is 1. The number of nitrogens with zero attached hydrogens (tertiary/aromatic N) is 5. The van der Waals surface area contributed by atoms with Crippen molar-refractivity contribution in [1.29, 1.82) is 0 Å². The Balaban J connectivity index is 1.03. The molecule has 46 heavy (non-hydrogen) atoms. The number of hydrogen-bond donors (Lipinski definition) is 1. The normalized spacial score (nSPS) is 23.4. The molecule has 6 rings (SSSR count). The highest BCUT2D eigenvalue weighted by atomic mass is 16.6. The first-order valence-corrected chi connectivity index (χ1v) is 17.4. The molecular weight excluding hydrogens is 584 g/mol. The number of carbonyl (C=O) groups excluding carboxylic acids is 3. The molecule has 1 spiro atoms. The summed E-state index contributed by atoms with van der Waals surface area (Å²) in [5.74, 6) is -0.0144. The van der Waals surface area contributed by atoms with Gasteiger partial charge in [0.15, 0.2) is 0 Å². The monoisotopic (exact) mass is 636 g/mol. The molecule has 0 saturated carbocycles. The maximum atomic E-state index is 13.6. The van der Waals surface area contributed by atoms with Gasteiger partial charge in [0.2, 0.25) is 11.8 Å². The molecule has 1 unspecified atom stereocenters. The fourth-order valence-electron chi connectivity index (χ4n) is 8.10. The minimum atomic E-state index is -0.677. The van der Waals surface area contributed by atoms with E-state index in [1.807, 2.05) is 45.6 Å². The van der Waals surface area contributed by atoms with Crippen LogP contribution in [0.5, 0.6) is 0 Å². The van der Waals surface area contributed by atoms with Crippen LogP contribution in [0.2, 0.25) is 0 Å². The zero-order valence-electron chi connectivity index (χ0n) is 28.3. The lowest BCUT2D eigenvalue weighted by atomic mass is 9.71. The first-order chi connectivity index (χ1) is 21.8. The summed E-state index contributed by atoms with van der Waals surface area (Å²) in [7, 11) is 0. The highest BCUT2D eigenvalue weighted by Crippen LogP contribution is 2.42. The minimum absolute atomic E-state index is 0.0632. The first-order valence-electron chi connectivity index (χ1n) is 17.4. The van der Waals surface area contributed by atoms with Gasteiger partial charge in [0.25, 0.3) is 0 Å². The maximum absolute atomic E-state index is 13.6. The van der Waals surface area contributed by atoms with E-state index in [0.29, 0.717) is 17.8 Å². The molecule has 1 N–H and O–H groups in total. The van der Waals surface area contributed by atoms with Gasteiger partial charge < -0.3 is 19.4 Å². The fraction of sp³-hybridized carbons (Fsp3) is 0.714. The number of amides is 3. The molecule has 4 aliphatic heterocycles. The Hall–Kier alpha value is -3.34. The Labute approximate surface area is 272 Å². The van der Waals surface area contributed by atoms with Crippen molar-refractivity contribution in [3.8, 4) is 0 Å². The van der Waals surface area contributed by atoms with Crippen LogP contribution in [0.4, 0.5) is 10.5 Å². The third kappa shape index (κ3) is 6.71. The van der Waals surface area contributed by atoms with E-state index in [2.05, 4.69) is 27.2 Å². The van der Waals surface area contributed by atoms with E-state index in [4.69, 9.17) is 4.74 Å². The molecule has 252 valence electrons. The predicted molar refractivity (Wildman–Crippen MR) is 178 cm³/mol. The van der Waals surface area contributed by atoms with Crippen molar-refractivity contribution in [2.24, 2.45) is 11.3 Å². The van der Waals surface area contributed by atoms with E-state index in [-0.39, 0.29) is 30.2 Å². The molecule has 5 heterocycles. The first kappa shape index (κ1) is 32.6. The van der Waals surface area contributed by atoms with Gasteiger partial charge in [0, 0.05) is 50.9 Å². The number of carbonyl (C=O) groups is 3. The second kappa shape index (κ2) is 12.7. The summed E-state index contributed by atoms with van der Waals surface area (Å²) < 4.78 is 8.96. The summed E-state index contributed by atoms with van der Waals surface area (Å²) in [6.45, 7) is 16.7. The zero-order chi connectivity index (χ0) is 32.8. The van der Waals surface area contributed by atoms with Gasteiger partial charge in [-0.2, -0.15) is 0 Å². The van der Waals surface area contributed by atoms with Crippen LogP contribution in [0.25, 0.3) is 11.0 Å². The van der Waals surface area contributed by atoms with Gasteiger partial charge in [0.05, 0.1) is 11.0 Å². The average molecular weight is 637 g/mol. The number of imide groups is 1. The zero-order valence-corrected chi connectivity index (χ0v) is 28.3. The van der Waals surface area contributed by atoms with Crippen molar-refractivity contribution < 1.29 is 19.1 Å². The second-order valence-corrected chi connectivity index (χ2v) is 15.5. The quantitative estimate of drug-likeness (QED) is 0.475. The second-order valence-electron chi connectivity index (χ2n) is 15.5. The Morgan fingerprint density at radius 1 is 0.935 bits per heavy atom. The molecule has 3 amide bonds. The van der Waals surface area contributed by atoms with Crippen molar-refractivity contribution in [2.45, 2.75) is 104 Å². The molecule has 11 nitrogen and oxygen atoms in total. The van der Waals surface area contributed by atoms with Crippen LogP contribution in [0.15, 0.2) is 23.0 Å². The number of ether oxygens (including phenoxy) is 1. The van der Waals surface area contributed by atoms with Gasteiger partial charge in [-0.05, 0) is 122 Å². The molecule has 0 bridgehead atoms. The number of hydrogen-bond acceptors (Lipinski definition) is 7. The highest BCUT2D eigenvalue weighted by Gasteiger charge is 2.40. The Morgan fingerprint density at radius 2 is 1.59 bits per heavy atom. The number of benzene rings is 1. The van der Waals surface area contributed by atoms with Crippen LogP contribution in [0, 0.1) is 11.3 Å². The van der Waals surface area contributed by atoms with E-state index in [1.54, 1.807) is 9.13 Å². The molecule has 4 aliphatic rings. The van der Waals surface area contributed by atoms with E-state index < -0.39 is 17.6 Å². The van der Waals surface area contributed by atoms with Crippen LogP contribution in [-0.4, -0.2) is 88.3 Å². The Bertz CT molecular complexity index is 1510. The van der Waals surface area contributed by atoms with E-state index in [1.165, 1.54) is 12.8 Å². The average Bonchev–Trinajstić information content (AvgIpc) is 3.29. The third-order valence-electron chi connectivity index (χ3n) is 10.8. The lowest BCUT2D eigenvalue weighted by molar-refractivity contribution is -0.135. The summed E-state index contributed by atoms with van der Waals surface area (Å²) in [5.41, 5.74) is 2.40. The number of nitrogens with one attached hydrogen (secondary N) is 1. The molecule has 1 atom stereocenters. The van der Waals surface area contributed by atoms with Gasteiger partial charge in [-0.15, -0.1) is 0 Å². The van der Waals surface area contributed by atoms with Gasteiger partial charge >= 0.3 is 11.8 Å². The molecule has 1 aromatic heterocycles. The van der Waals surface area contributed by atoms with Crippen molar-refractivity contribution >= 4 is 34.6 Å². The Kier molecular flexibility index (Phi) is 8.99. The SMILES string of the molecule is CC(C)n1c(=O)n(C2CCC(=O)NC2=O)c2ccc(N3CCC(CN4CCC5(CC4)CCN(C(=O)OC(C)(C)C)CC5)CC3)cc21. The largest absolute Gasteiger partial charge is 0.444 e. The summed E-state index contributed by atoms with van der Waals surface area (Å²) >= 11 is 0. The number of piperidine rings is 4. The molecule has 1 aromatic carbocycles. The molecule has 4 fully saturated rings. The third-order valence-corrected chi connectivity index (χ3v) is 10.8. The van der Waals surface area contributed by atoms with Crippen LogP contribution in [-0.2, 0) is 14.3 Å². The van der Waals surface area contributed by atoms with Gasteiger partial charge in [-0.25, -0.2) is 9.59 Å². The highest BCUT2D eigenvalue weighted by molar-refractivity contribution is 6.00. The van der Waals surface area contributed by atoms with E-state index in [9.17, 15) is 19.2 Å². The predicted octanol–water partition coefficient (Wildman–Crippen LogP) is 4.69. The standard InChI is InChI=1S/C35H52N6O5/c1-24(2)40-29-22-26(6-7-27(29)41(32(40)44)28-8-9-30(42)36-31(28)43)38-16-10-25(11-17-38)23-37-18-12-35(13-19-37)14-20-39(21-15-35)33(45)46-34(3,4)5/h6-7,22,24-25,28H,8-21,23H2,1-5H3,(H,36,42,43). The van der Waals surface area contributed by atoms with Crippen molar-refractivity contribution in [2.75, 3.05) is 50.7 Å². The molecule has 2 aromatic rings. The summed E-state index contributed by atoms with van der Waals surface area (Å²) in [4.78, 5) is 57.5. The van der Waals surface area contributed by atoms with Crippen LogP contribution >= 0.6 is 0 Å². The minimum Gasteiger partial charge on any atom is -0.444 e. The molecule has 0 aliphatic carbocycles. The topological polar surface area (TPSA) is 109 Å². The Morgan fingerprint density at radius 3 is 2.20 bits per heavy atom. The van der Waals surface area contributed by atoms with Crippen LogP contribution in [0.1, 0.15) is 98.1 Å². The molecular formula is C35H52N6O5. The number of aromatic nitrogens is 2. The number of likely N-dealkylation sites (tertiary alicyclic amines) is 2. The number of fused-ring (bicyclic) bond motifs is 1. The smallest absolute Gasteiger partial charge is 0.410 e. The lowest BCUT2D eigenvalue weighted by Crippen LogP contribution is -2.50. The van der Waals surface area contributed by atoms with E-state index >= 15 is 0 Å². The number of rotatable bonds is 5. The molecule has 11 heteroatoms. The van der Waals surface area contributed by atoms with Gasteiger partial charge in [0.1, 0.15) is 11.6 Å². The van der Waals surface area contributed by atoms with Crippen molar-refractivity contribution in [3.05, 3.63) is 28.7 Å². The fourth-order valence-corrected chi connectivity index (χ4v) is 8.10.